The quantitative estimate of drug-likeness (QED) is 0.591. The minimum atomic E-state index is 0.531. The van der Waals surface area contributed by atoms with Gasteiger partial charge in [0.2, 0.25) is 0 Å². The normalized spacial score (nSPS) is 15.3. The molecule has 1 aliphatic carbocycles. The lowest BCUT2D eigenvalue weighted by molar-refractivity contribution is 0.756. The van der Waals surface area contributed by atoms with E-state index < -0.39 is 0 Å². The van der Waals surface area contributed by atoms with Crippen molar-refractivity contribution in [1.82, 2.24) is 9.97 Å². The lowest BCUT2D eigenvalue weighted by Crippen LogP contribution is -2.06. The van der Waals surface area contributed by atoms with Crippen LogP contribution in [0.3, 0.4) is 0 Å². The van der Waals surface area contributed by atoms with Gasteiger partial charge >= 0.3 is 0 Å². The molecular formula is C10H16N4S. The molecule has 0 unspecified atom stereocenters. The van der Waals surface area contributed by atoms with Gasteiger partial charge in [0.05, 0.1) is 0 Å². The number of nitrogens with one attached hydrogen (secondary N) is 1. The molecule has 0 aromatic carbocycles. The average Bonchev–Trinajstić information content (AvgIpc) is 3.01. The Morgan fingerprint density at radius 2 is 2.33 bits per heavy atom. The van der Waals surface area contributed by atoms with Gasteiger partial charge in [0.15, 0.2) is 5.16 Å². The summed E-state index contributed by atoms with van der Waals surface area (Å²) in [6.07, 6.45) is 5.97. The number of aromatic nitrogens is 2. The number of anilines is 2. The van der Waals surface area contributed by atoms with Crippen molar-refractivity contribution in [3.63, 3.8) is 0 Å². The second kappa shape index (κ2) is 4.70. The molecule has 0 radical (unpaired) electrons. The summed E-state index contributed by atoms with van der Waals surface area (Å²) in [6, 6.07) is 1.78. The van der Waals surface area contributed by atoms with E-state index in [2.05, 4.69) is 15.3 Å². The number of nitrogens with zero attached hydrogens (tertiary/aromatic N) is 2. The number of hydrogen-bond acceptors (Lipinski definition) is 5. The molecule has 15 heavy (non-hydrogen) atoms. The van der Waals surface area contributed by atoms with Gasteiger partial charge in [-0.2, -0.15) is 0 Å². The lowest BCUT2D eigenvalue weighted by Gasteiger charge is -2.06. The number of nitrogen functional groups attached to an aromatic ring is 1. The molecular weight excluding hydrogens is 208 g/mol. The first-order valence-electron chi connectivity index (χ1n) is 5.20. The number of thioether (sulfide) groups is 1. The lowest BCUT2D eigenvalue weighted by atomic mass is 10.3. The molecule has 5 heteroatoms. The first kappa shape index (κ1) is 10.5. The van der Waals surface area contributed by atoms with Crippen LogP contribution in [0.4, 0.5) is 11.6 Å². The highest BCUT2D eigenvalue weighted by Crippen LogP contribution is 2.32. The van der Waals surface area contributed by atoms with Gasteiger partial charge in [0.25, 0.3) is 0 Å². The fourth-order valence-electron chi connectivity index (χ4n) is 1.44. The molecule has 82 valence electrons. The molecule has 0 atom stereocenters. The minimum Gasteiger partial charge on any atom is -0.383 e. The molecule has 1 saturated carbocycles. The zero-order valence-corrected chi connectivity index (χ0v) is 9.68. The van der Waals surface area contributed by atoms with Gasteiger partial charge in [0.1, 0.15) is 11.6 Å². The maximum Gasteiger partial charge on any atom is 0.191 e. The predicted molar refractivity (Wildman–Crippen MR) is 64.1 cm³/mol. The maximum absolute atomic E-state index is 5.67. The van der Waals surface area contributed by atoms with Gasteiger partial charge in [-0.05, 0) is 18.6 Å². The van der Waals surface area contributed by atoms with Crippen LogP contribution < -0.4 is 11.1 Å². The largest absolute Gasteiger partial charge is 0.383 e. The van der Waals surface area contributed by atoms with Crippen molar-refractivity contribution < 1.29 is 0 Å². The molecule has 4 nitrogen and oxygen atoms in total. The number of hydrogen-bond donors (Lipinski definition) is 2. The van der Waals surface area contributed by atoms with Gasteiger partial charge in [-0.3, -0.25) is 0 Å². The third kappa shape index (κ3) is 3.27. The maximum atomic E-state index is 5.67. The number of rotatable bonds is 5. The summed E-state index contributed by atoms with van der Waals surface area (Å²) in [5.74, 6) is 2.31. The SMILES string of the molecule is CSc1nc(N)cc(NCCC2CC2)n1. The van der Waals surface area contributed by atoms with E-state index in [-0.39, 0.29) is 0 Å². The highest BCUT2D eigenvalue weighted by atomic mass is 32.2. The van der Waals surface area contributed by atoms with Gasteiger partial charge < -0.3 is 11.1 Å². The van der Waals surface area contributed by atoms with Crippen LogP contribution in [0.15, 0.2) is 11.2 Å². The highest BCUT2D eigenvalue weighted by Gasteiger charge is 2.20. The van der Waals surface area contributed by atoms with Crippen LogP contribution in [0.5, 0.6) is 0 Å². The first-order valence-corrected chi connectivity index (χ1v) is 6.43. The molecule has 0 aliphatic heterocycles. The summed E-state index contributed by atoms with van der Waals surface area (Å²) in [4.78, 5) is 8.43. The molecule has 0 spiro atoms. The van der Waals surface area contributed by atoms with Crippen molar-refractivity contribution in [1.29, 1.82) is 0 Å². The van der Waals surface area contributed by atoms with E-state index in [1.165, 1.54) is 31.0 Å². The highest BCUT2D eigenvalue weighted by molar-refractivity contribution is 7.98. The molecule has 3 N–H and O–H groups in total. The molecule has 1 aliphatic rings. The Balaban J connectivity index is 1.90. The zero-order valence-electron chi connectivity index (χ0n) is 8.86. The standard InChI is InChI=1S/C10H16N4S/c1-15-10-13-8(11)6-9(14-10)12-5-4-7-2-3-7/h6-7H,2-5H2,1H3,(H3,11,12,13,14). The van der Waals surface area contributed by atoms with Crippen molar-refractivity contribution in [3.8, 4) is 0 Å². The Bertz CT molecular complexity index is 338. The summed E-state index contributed by atoms with van der Waals surface area (Å²) in [6.45, 7) is 0.981. The average molecular weight is 224 g/mol. The van der Waals surface area contributed by atoms with E-state index in [0.717, 1.165) is 23.4 Å². The second-order valence-electron chi connectivity index (χ2n) is 3.82. The fraction of sp³-hybridized carbons (Fsp3) is 0.600. The topological polar surface area (TPSA) is 63.8 Å². The van der Waals surface area contributed by atoms with Crippen molar-refractivity contribution in [2.24, 2.45) is 5.92 Å². The van der Waals surface area contributed by atoms with E-state index in [1.807, 2.05) is 6.26 Å². The molecule has 1 aromatic rings. The monoisotopic (exact) mass is 224 g/mol. The molecule has 1 aromatic heterocycles. The van der Waals surface area contributed by atoms with Gasteiger partial charge in [-0.1, -0.05) is 24.6 Å². The summed E-state index contributed by atoms with van der Waals surface area (Å²) in [5, 5.41) is 4.01. The van der Waals surface area contributed by atoms with Gasteiger partial charge in [-0.15, -0.1) is 0 Å². The second-order valence-corrected chi connectivity index (χ2v) is 4.60. The Kier molecular flexibility index (Phi) is 3.30. The summed E-state index contributed by atoms with van der Waals surface area (Å²) in [5.41, 5.74) is 5.67. The summed E-state index contributed by atoms with van der Waals surface area (Å²) >= 11 is 1.51. The molecule has 0 bridgehead atoms. The van der Waals surface area contributed by atoms with Crippen molar-refractivity contribution in [2.45, 2.75) is 24.4 Å². The van der Waals surface area contributed by atoms with Gasteiger partial charge in [0, 0.05) is 12.6 Å². The zero-order chi connectivity index (χ0) is 10.7. The fourth-order valence-corrected chi connectivity index (χ4v) is 1.82. The Morgan fingerprint density at radius 1 is 1.53 bits per heavy atom. The van der Waals surface area contributed by atoms with E-state index in [1.54, 1.807) is 6.07 Å². The van der Waals surface area contributed by atoms with Crippen LogP contribution in [-0.4, -0.2) is 22.8 Å². The molecule has 0 amide bonds. The van der Waals surface area contributed by atoms with Crippen LogP contribution in [0.2, 0.25) is 0 Å². The molecule has 1 fully saturated rings. The third-order valence-electron chi connectivity index (χ3n) is 2.46. The summed E-state index contributed by atoms with van der Waals surface area (Å²) < 4.78 is 0. The van der Waals surface area contributed by atoms with Crippen LogP contribution in [0.1, 0.15) is 19.3 Å². The van der Waals surface area contributed by atoms with Crippen LogP contribution in [0, 0.1) is 5.92 Å². The summed E-state index contributed by atoms with van der Waals surface area (Å²) in [7, 11) is 0. The Morgan fingerprint density at radius 3 is 3.00 bits per heavy atom. The van der Waals surface area contributed by atoms with Crippen molar-refractivity contribution in [3.05, 3.63) is 6.07 Å². The smallest absolute Gasteiger partial charge is 0.191 e. The minimum absolute atomic E-state index is 0.531. The van der Waals surface area contributed by atoms with Crippen LogP contribution in [0.25, 0.3) is 0 Å². The van der Waals surface area contributed by atoms with E-state index in [0.29, 0.717) is 5.82 Å². The Hall–Kier alpha value is -0.970. The first-order chi connectivity index (χ1) is 7.28. The molecule has 2 rings (SSSR count). The van der Waals surface area contributed by atoms with Crippen LogP contribution >= 0.6 is 11.8 Å². The van der Waals surface area contributed by atoms with E-state index >= 15 is 0 Å². The third-order valence-corrected chi connectivity index (χ3v) is 3.01. The number of nitrogens with two attached hydrogens (primary N) is 1. The van der Waals surface area contributed by atoms with E-state index in [4.69, 9.17) is 5.73 Å². The van der Waals surface area contributed by atoms with Crippen LogP contribution in [-0.2, 0) is 0 Å². The Labute approximate surface area is 94.1 Å². The van der Waals surface area contributed by atoms with Crippen molar-refractivity contribution >= 4 is 23.4 Å². The van der Waals surface area contributed by atoms with E-state index in [9.17, 15) is 0 Å². The predicted octanol–water partition coefficient (Wildman–Crippen LogP) is 1.99. The molecule has 0 saturated heterocycles. The molecule has 1 heterocycles. The van der Waals surface area contributed by atoms with Crippen molar-refractivity contribution in [2.75, 3.05) is 23.9 Å². The van der Waals surface area contributed by atoms with Gasteiger partial charge in [-0.25, -0.2) is 9.97 Å².